The normalized spacial score (nSPS) is 11.1. The highest BCUT2D eigenvalue weighted by Crippen LogP contribution is 2.15. The molecule has 0 saturated carbocycles. The number of benzene rings is 1. The van der Waals surface area contributed by atoms with E-state index in [2.05, 4.69) is 15.0 Å². The molecule has 0 aliphatic heterocycles. The van der Waals surface area contributed by atoms with Crippen LogP contribution in [0.4, 0.5) is 5.69 Å². The average Bonchev–Trinajstić information content (AvgIpc) is 2.48. The first kappa shape index (κ1) is 15.4. The number of nitrogens with zero attached hydrogens (tertiary/aromatic N) is 1. The maximum atomic E-state index is 11.9. The lowest BCUT2D eigenvalue weighted by atomic mass is 10.2. The van der Waals surface area contributed by atoms with Gasteiger partial charge in [-0.05, 0) is 43.4 Å². The van der Waals surface area contributed by atoms with Crippen LogP contribution < -0.4 is 10.0 Å². The monoisotopic (exact) mass is 325 g/mol. The summed E-state index contributed by atoms with van der Waals surface area (Å²) in [6, 6.07) is 8.88. The number of sulfonamides is 1. The summed E-state index contributed by atoms with van der Waals surface area (Å²) in [5, 5.41) is 2.94. The summed E-state index contributed by atoms with van der Waals surface area (Å²) in [6.45, 7) is 0. The molecule has 6 nitrogen and oxygen atoms in total. The summed E-state index contributed by atoms with van der Waals surface area (Å²) < 4.78 is 25.4. The molecular formula is C13H12ClN3O3S. The first-order chi connectivity index (χ1) is 9.92. The molecular weight excluding hydrogens is 314 g/mol. The largest absolute Gasteiger partial charge is 0.322 e. The van der Waals surface area contributed by atoms with E-state index in [1.807, 2.05) is 0 Å². The number of aromatic nitrogens is 1. The van der Waals surface area contributed by atoms with Crippen molar-refractivity contribution in [3.8, 4) is 0 Å². The highest BCUT2D eigenvalue weighted by Gasteiger charge is 2.11. The van der Waals surface area contributed by atoms with Crippen molar-refractivity contribution in [2.24, 2.45) is 0 Å². The van der Waals surface area contributed by atoms with Crippen molar-refractivity contribution in [2.75, 3.05) is 12.4 Å². The molecule has 1 heterocycles. The Hall–Kier alpha value is -1.96. The number of hydrogen-bond acceptors (Lipinski definition) is 4. The fourth-order valence-corrected chi connectivity index (χ4v) is 2.39. The van der Waals surface area contributed by atoms with Gasteiger partial charge < -0.3 is 5.32 Å². The molecule has 2 N–H and O–H groups in total. The van der Waals surface area contributed by atoms with E-state index >= 15 is 0 Å². The quantitative estimate of drug-likeness (QED) is 0.840. The Morgan fingerprint density at radius 3 is 2.33 bits per heavy atom. The lowest BCUT2D eigenvalue weighted by Gasteiger charge is -2.07. The van der Waals surface area contributed by atoms with Gasteiger partial charge in [-0.25, -0.2) is 18.1 Å². The molecule has 0 bridgehead atoms. The van der Waals surface area contributed by atoms with Crippen molar-refractivity contribution < 1.29 is 13.2 Å². The fourth-order valence-electron chi connectivity index (χ4n) is 1.55. The maximum Gasteiger partial charge on any atom is 0.257 e. The number of anilines is 1. The molecule has 1 aromatic heterocycles. The van der Waals surface area contributed by atoms with Gasteiger partial charge >= 0.3 is 0 Å². The molecule has 21 heavy (non-hydrogen) atoms. The van der Waals surface area contributed by atoms with Gasteiger partial charge in [-0.3, -0.25) is 4.79 Å². The molecule has 0 saturated heterocycles. The Morgan fingerprint density at radius 2 is 1.81 bits per heavy atom. The van der Waals surface area contributed by atoms with Gasteiger partial charge in [0.1, 0.15) is 5.15 Å². The molecule has 0 aliphatic rings. The zero-order chi connectivity index (χ0) is 15.5. The van der Waals surface area contributed by atoms with Crippen LogP contribution in [0.3, 0.4) is 0 Å². The van der Waals surface area contributed by atoms with Gasteiger partial charge in [0.2, 0.25) is 10.0 Å². The third kappa shape index (κ3) is 3.78. The highest BCUT2D eigenvalue weighted by atomic mass is 35.5. The summed E-state index contributed by atoms with van der Waals surface area (Å²) >= 11 is 5.64. The standard InChI is InChI=1S/C13H12ClN3O3S/c1-15-21(19,20)11-5-3-10(4-6-11)17-13(18)9-2-7-12(14)16-8-9/h2-8,15H,1H3,(H,17,18). The number of pyridine rings is 1. The minimum atomic E-state index is -3.49. The lowest BCUT2D eigenvalue weighted by Crippen LogP contribution is -2.18. The minimum absolute atomic E-state index is 0.121. The van der Waals surface area contributed by atoms with Crippen LogP contribution in [-0.4, -0.2) is 26.4 Å². The van der Waals surface area contributed by atoms with Crippen molar-refractivity contribution in [3.63, 3.8) is 0 Å². The van der Waals surface area contributed by atoms with Gasteiger partial charge in [0.25, 0.3) is 5.91 Å². The van der Waals surface area contributed by atoms with Crippen LogP contribution in [0.25, 0.3) is 0 Å². The second kappa shape index (κ2) is 6.21. The third-order valence-corrected chi connectivity index (χ3v) is 4.33. The molecule has 0 fully saturated rings. The van der Waals surface area contributed by atoms with E-state index in [1.54, 1.807) is 6.07 Å². The van der Waals surface area contributed by atoms with E-state index < -0.39 is 10.0 Å². The summed E-state index contributed by atoms with van der Waals surface area (Å²) in [4.78, 5) is 15.9. The van der Waals surface area contributed by atoms with Crippen LogP contribution >= 0.6 is 11.6 Å². The van der Waals surface area contributed by atoms with Gasteiger partial charge in [0.15, 0.2) is 0 Å². The predicted molar refractivity (Wildman–Crippen MR) is 79.9 cm³/mol. The van der Waals surface area contributed by atoms with E-state index in [0.717, 1.165) is 0 Å². The molecule has 0 atom stereocenters. The van der Waals surface area contributed by atoms with Crippen LogP contribution in [0, 0.1) is 0 Å². The second-order valence-electron chi connectivity index (χ2n) is 4.06. The van der Waals surface area contributed by atoms with Crippen molar-refractivity contribution in [1.82, 2.24) is 9.71 Å². The van der Waals surface area contributed by atoms with Crippen LogP contribution in [0.5, 0.6) is 0 Å². The van der Waals surface area contributed by atoms with E-state index in [-0.39, 0.29) is 10.8 Å². The smallest absolute Gasteiger partial charge is 0.257 e. The average molecular weight is 326 g/mol. The van der Waals surface area contributed by atoms with Gasteiger partial charge in [0.05, 0.1) is 10.5 Å². The van der Waals surface area contributed by atoms with Gasteiger partial charge in [-0.2, -0.15) is 0 Å². The first-order valence-corrected chi connectivity index (χ1v) is 7.75. The maximum absolute atomic E-state index is 11.9. The number of rotatable bonds is 4. The SMILES string of the molecule is CNS(=O)(=O)c1ccc(NC(=O)c2ccc(Cl)nc2)cc1. The second-order valence-corrected chi connectivity index (χ2v) is 6.33. The molecule has 0 radical (unpaired) electrons. The summed E-state index contributed by atoms with van der Waals surface area (Å²) in [6.07, 6.45) is 1.36. The Kier molecular flexibility index (Phi) is 4.56. The summed E-state index contributed by atoms with van der Waals surface area (Å²) in [5.74, 6) is -0.358. The molecule has 1 aromatic carbocycles. The van der Waals surface area contributed by atoms with E-state index in [1.165, 1.54) is 43.6 Å². The van der Waals surface area contributed by atoms with Crippen molar-refractivity contribution >= 4 is 33.2 Å². The zero-order valence-electron chi connectivity index (χ0n) is 11.0. The molecule has 8 heteroatoms. The first-order valence-electron chi connectivity index (χ1n) is 5.89. The lowest BCUT2D eigenvalue weighted by molar-refractivity contribution is 0.102. The minimum Gasteiger partial charge on any atom is -0.322 e. The number of carbonyl (C=O) groups excluding carboxylic acids is 1. The predicted octanol–water partition coefficient (Wildman–Crippen LogP) is 1.90. The summed E-state index contributed by atoms with van der Waals surface area (Å²) in [7, 11) is -2.16. The molecule has 2 aromatic rings. The van der Waals surface area contributed by atoms with Crippen LogP contribution in [-0.2, 0) is 10.0 Å². The Bertz CT molecular complexity index is 743. The molecule has 0 aliphatic carbocycles. The number of carbonyl (C=O) groups is 1. The number of amides is 1. The van der Waals surface area contributed by atoms with Crippen molar-refractivity contribution in [1.29, 1.82) is 0 Å². The van der Waals surface area contributed by atoms with E-state index in [9.17, 15) is 13.2 Å². The Labute approximate surface area is 127 Å². The highest BCUT2D eigenvalue weighted by molar-refractivity contribution is 7.89. The van der Waals surface area contributed by atoms with Crippen LogP contribution in [0.15, 0.2) is 47.5 Å². The number of nitrogens with one attached hydrogen (secondary N) is 2. The van der Waals surface area contributed by atoms with Gasteiger partial charge in [0, 0.05) is 11.9 Å². The molecule has 0 unspecified atom stereocenters. The zero-order valence-corrected chi connectivity index (χ0v) is 12.6. The Morgan fingerprint density at radius 1 is 1.14 bits per heavy atom. The number of halogens is 1. The summed E-state index contributed by atoms with van der Waals surface area (Å²) in [5.41, 5.74) is 0.830. The molecule has 2 rings (SSSR count). The van der Waals surface area contributed by atoms with E-state index in [0.29, 0.717) is 16.4 Å². The van der Waals surface area contributed by atoms with Gasteiger partial charge in [-0.1, -0.05) is 11.6 Å². The topological polar surface area (TPSA) is 88.2 Å². The van der Waals surface area contributed by atoms with Crippen LogP contribution in [0.1, 0.15) is 10.4 Å². The number of hydrogen-bond donors (Lipinski definition) is 2. The molecule has 0 spiro atoms. The third-order valence-electron chi connectivity index (χ3n) is 2.68. The Balaban J connectivity index is 2.13. The van der Waals surface area contributed by atoms with Crippen molar-refractivity contribution in [3.05, 3.63) is 53.3 Å². The fraction of sp³-hybridized carbons (Fsp3) is 0.0769. The van der Waals surface area contributed by atoms with Crippen molar-refractivity contribution in [2.45, 2.75) is 4.90 Å². The van der Waals surface area contributed by atoms with Gasteiger partial charge in [-0.15, -0.1) is 0 Å². The van der Waals surface area contributed by atoms with E-state index in [4.69, 9.17) is 11.6 Å². The van der Waals surface area contributed by atoms with Crippen LogP contribution in [0.2, 0.25) is 5.15 Å². The molecule has 1 amide bonds. The molecule has 110 valence electrons.